The smallest absolute Gasteiger partial charge is 0.324 e. The van der Waals surface area contributed by atoms with Crippen LogP contribution >= 0.6 is 0 Å². The number of aliphatic carboxylic acids is 1. The fourth-order valence-corrected chi connectivity index (χ4v) is 3.78. The highest BCUT2D eigenvalue weighted by Gasteiger charge is 2.51. The molecule has 21 heavy (non-hydrogen) atoms. The highest BCUT2D eigenvalue weighted by molar-refractivity contribution is 5.80. The maximum absolute atomic E-state index is 11.8. The van der Waals surface area contributed by atoms with Crippen LogP contribution in [0.2, 0.25) is 0 Å². The van der Waals surface area contributed by atoms with E-state index < -0.39 is 11.5 Å². The Morgan fingerprint density at radius 1 is 1.33 bits per heavy atom. The van der Waals surface area contributed by atoms with Crippen LogP contribution in [0.15, 0.2) is 0 Å². The molecule has 1 saturated heterocycles. The third-order valence-corrected chi connectivity index (χ3v) is 5.23. The second-order valence-corrected chi connectivity index (χ2v) is 6.88. The van der Waals surface area contributed by atoms with Crippen LogP contribution in [0.25, 0.3) is 0 Å². The van der Waals surface area contributed by atoms with Gasteiger partial charge in [-0.25, -0.2) is 0 Å². The molecule has 5 nitrogen and oxygen atoms in total. The minimum absolute atomic E-state index is 0.204. The molecule has 120 valence electrons. The SMILES string of the molecule is O=C(O)C1(NC2CC2)CCCC1CCOCC1CCOC1. The maximum atomic E-state index is 11.8. The molecule has 5 heteroatoms. The summed E-state index contributed by atoms with van der Waals surface area (Å²) >= 11 is 0. The van der Waals surface area contributed by atoms with Crippen molar-refractivity contribution in [3.8, 4) is 0 Å². The molecule has 3 rings (SSSR count). The van der Waals surface area contributed by atoms with Gasteiger partial charge in [-0.3, -0.25) is 10.1 Å². The lowest BCUT2D eigenvalue weighted by atomic mass is 9.84. The van der Waals surface area contributed by atoms with Crippen LogP contribution in [-0.2, 0) is 14.3 Å². The van der Waals surface area contributed by atoms with E-state index in [1.165, 1.54) is 0 Å². The Bertz CT molecular complexity index is 365. The molecule has 0 bridgehead atoms. The highest BCUT2D eigenvalue weighted by Crippen LogP contribution is 2.40. The molecule has 2 aliphatic carbocycles. The zero-order valence-electron chi connectivity index (χ0n) is 12.7. The van der Waals surface area contributed by atoms with Gasteiger partial charge in [0.25, 0.3) is 0 Å². The van der Waals surface area contributed by atoms with Gasteiger partial charge in [0.05, 0.1) is 13.2 Å². The van der Waals surface area contributed by atoms with Crippen LogP contribution in [0, 0.1) is 11.8 Å². The van der Waals surface area contributed by atoms with Gasteiger partial charge in [0, 0.05) is 25.2 Å². The molecular formula is C16H27NO4. The molecule has 0 radical (unpaired) electrons. The van der Waals surface area contributed by atoms with E-state index in [1.54, 1.807) is 0 Å². The summed E-state index contributed by atoms with van der Waals surface area (Å²) in [4.78, 5) is 11.8. The van der Waals surface area contributed by atoms with Gasteiger partial charge in [0.15, 0.2) is 0 Å². The van der Waals surface area contributed by atoms with Crippen LogP contribution in [0.1, 0.15) is 44.9 Å². The molecule has 0 amide bonds. The summed E-state index contributed by atoms with van der Waals surface area (Å²) in [5.74, 6) is 0.0684. The largest absolute Gasteiger partial charge is 0.480 e. The molecule has 2 saturated carbocycles. The van der Waals surface area contributed by atoms with Crippen LogP contribution < -0.4 is 5.32 Å². The van der Waals surface area contributed by atoms with Crippen molar-refractivity contribution in [1.82, 2.24) is 5.32 Å². The van der Waals surface area contributed by atoms with E-state index in [2.05, 4.69) is 5.32 Å². The first kappa shape index (κ1) is 15.3. The van der Waals surface area contributed by atoms with Crippen molar-refractivity contribution >= 4 is 5.97 Å². The predicted octanol–water partition coefficient (Wildman–Crippen LogP) is 1.81. The fraction of sp³-hybridized carbons (Fsp3) is 0.938. The summed E-state index contributed by atoms with van der Waals surface area (Å²) < 4.78 is 11.1. The molecular weight excluding hydrogens is 270 g/mol. The zero-order chi connectivity index (χ0) is 14.7. The number of carboxylic acids is 1. The summed E-state index contributed by atoms with van der Waals surface area (Å²) in [5, 5.41) is 13.1. The second kappa shape index (κ2) is 6.63. The van der Waals surface area contributed by atoms with Crippen molar-refractivity contribution in [2.45, 2.75) is 56.5 Å². The number of rotatable bonds is 8. The summed E-state index contributed by atoms with van der Waals surface area (Å²) in [6, 6.07) is 0.429. The van der Waals surface area contributed by atoms with Crippen molar-refractivity contribution < 1.29 is 19.4 Å². The van der Waals surface area contributed by atoms with Crippen LogP contribution in [0.5, 0.6) is 0 Å². The standard InChI is InChI=1S/C16H27NO4/c18-15(19)16(17-14-3-4-14)7-1-2-13(16)6-9-21-11-12-5-8-20-10-12/h12-14,17H,1-11H2,(H,18,19). The van der Waals surface area contributed by atoms with Gasteiger partial charge in [-0.05, 0) is 44.4 Å². The third kappa shape index (κ3) is 3.58. The lowest BCUT2D eigenvalue weighted by molar-refractivity contribution is -0.147. The van der Waals surface area contributed by atoms with Gasteiger partial charge in [-0.15, -0.1) is 0 Å². The predicted molar refractivity (Wildman–Crippen MR) is 78.2 cm³/mol. The quantitative estimate of drug-likeness (QED) is 0.669. The summed E-state index contributed by atoms with van der Waals surface area (Å²) in [7, 11) is 0. The number of ether oxygens (including phenoxy) is 2. The molecule has 0 aromatic heterocycles. The van der Waals surface area contributed by atoms with E-state index in [-0.39, 0.29) is 5.92 Å². The van der Waals surface area contributed by atoms with Crippen LogP contribution in [-0.4, -0.2) is 49.1 Å². The van der Waals surface area contributed by atoms with E-state index in [9.17, 15) is 9.90 Å². The summed E-state index contributed by atoms with van der Waals surface area (Å²) in [6.45, 7) is 3.08. The molecule has 1 heterocycles. The Hall–Kier alpha value is -0.650. The van der Waals surface area contributed by atoms with Gasteiger partial charge in [0.1, 0.15) is 5.54 Å². The molecule has 3 atom stereocenters. The molecule has 3 unspecified atom stereocenters. The minimum Gasteiger partial charge on any atom is -0.480 e. The lowest BCUT2D eigenvalue weighted by Crippen LogP contribution is -2.55. The third-order valence-electron chi connectivity index (χ3n) is 5.23. The Labute approximate surface area is 126 Å². The molecule has 0 aromatic carbocycles. The molecule has 2 N–H and O–H groups in total. The first-order valence-corrected chi connectivity index (χ1v) is 8.37. The van der Waals surface area contributed by atoms with Gasteiger partial charge in [-0.1, -0.05) is 6.42 Å². The van der Waals surface area contributed by atoms with Crippen molar-refractivity contribution in [3.05, 3.63) is 0 Å². The number of nitrogens with one attached hydrogen (secondary N) is 1. The second-order valence-electron chi connectivity index (χ2n) is 6.88. The zero-order valence-corrected chi connectivity index (χ0v) is 12.7. The number of carboxylic acid groups (broad SMARTS) is 1. The Kier molecular flexibility index (Phi) is 4.82. The number of hydrogen-bond acceptors (Lipinski definition) is 4. The van der Waals surface area contributed by atoms with Crippen molar-refractivity contribution in [1.29, 1.82) is 0 Å². The molecule has 0 aromatic rings. The topological polar surface area (TPSA) is 67.8 Å². The van der Waals surface area contributed by atoms with Gasteiger partial charge < -0.3 is 14.6 Å². The summed E-state index contributed by atoms with van der Waals surface area (Å²) in [6.07, 6.45) is 6.96. The fourth-order valence-electron chi connectivity index (χ4n) is 3.78. The average Bonchev–Trinajstić information content (AvgIpc) is 2.97. The van der Waals surface area contributed by atoms with Crippen LogP contribution in [0.3, 0.4) is 0 Å². The Morgan fingerprint density at radius 3 is 2.86 bits per heavy atom. The van der Waals surface area contributed by atoms with E-state index in [4.69, 9.17) is 9.47 Å². The summed E-state index contributed by atoms with van der Waals surface area (Å²) in [5.41, 5.74) is -0.693. The maximum Gasteiger partial charge on any atom is 0.324 e. The monoisotopic (exact) mass is 297 g/mol. The van der Waals surface area contributed by atoms with Gasteiger partial charge in [-0.2, -0.15) is 0 Å². The molecule has 3 fully saturated rings. The van der Waals surface area contributed by atoms with Crippen molar-refractivity contribution in [2.24, 2.45) is 11.8 Å². The molecule has 1 aliphatic heterocycles. The van der Waals surface area contributed by atoms with E-state index in [0.29, 0.717) is 18.6 Å². The van der Waals surface area contributed by atoms with Crippen LogP contribution in [0.4, 0.5) is 0 Å². The number of hydrogen-bond donors (Lipinski definition) is 2. The molecule has 0 spiro atoms. The van der Waals surface area contributed by atoms with Gasteiger partial charge in [0.2, 0.25) is 0 Å². The van der Waals surface area contributed by atoms with Gasteiger partial charge >= 0.3 is 5.97 Å². The van der Waals surface area contributed by atoms with E-state index in [0.717, 1.165) is 64.8 Å². The number of carbonyl (C=O) groups is 1. The van der Waals surface area contributed by atoms with Crippen molar-refractivity contribution in [2.75, 3.05) is 26.4 Å². The van der Waals surface area contributed by atoms with E-state index >= 15 is 0 Å². The minimum atomic E-state index is -0.693. The molecule has 3 aliphatic rings. The first-order chi connectivity index (χ1) is 10.2. The highest BCUT2D eigenvalue weighted by atomic mass is 16.5. The average molecular weight is 297 g/mol. The Balaban J connectivity index is 1.46. The van der Waals surface area contributed by atoms with E-state index in [1.807, 2.05) is 0 Å². The first-order valence-electron chi connectivity index (χ1n) is 8.37. The Morgan fingerprint density at radius 2 is 2.19 bits per heavy atom. The van der Waals surface area contributed by atoms with Crippen molar-refractivity contribution in [3.63, 3.8) is 0 Å². The lowest BCUT2D eigenvalue weighted by Gasteiger charge is -2.32. The normalized spacial score (nSPS) is 36.2.